The Labute approximate surface area is 135 Å². The van der Waals surface area contributed by atoms with Gasteiger partial charge >= 0.3 is 5.97 Å². The summed E-state index contributed by atoms with van der Waals surface area (Å²) in [5, 5.41) is 2.68. The third kappa shape index (κ3) is 5.63. The lowest BCUT2D eigenvalue weighted by atomic mass is 9.98. The monoisotopic (exact) mass is 322 g/mol. The van der Waals surface area contributed by atoms with Crippen molar-refractivity contribution < 1.29 is 18.7 Å². The van der Waals surface area contributed by atoms with Crippen LogP contribution in [0.2, 0.25) is 0 Å². The maximum atomic E-state index is 13.1. The average molecular weight is 322 g/mol. The second kappa shape index (κ2) is 8.62. The predicted octanol–water partition coefficient (Wildman–Crippen LogP) is 2.43. The quantitative estimate of drug-likeness (QED) is 0.817. The zero-order valence-electron chi connectivity index (χ0n) is 13.4. The summed E-state index contributed by atoms with van der Waals surface area (Å²) in [6.45, 7) is 4.28. The molecule has 1 heterocycles. The molecule has 1 atom stereocenters. The number of piperidine rings is 1. The zero-order valence-corrected chi connectivity index (χ0v) is 13.4. The van der Waals surface area contributed by atoms with Gasteiger partial charge in [-0.1, -0.05) is 6.07 Å². The lowest BCUT2D eigenvalue weighted by Crippen LogP contribution is -2.40. The highest BCUT2D eigenvalue weighted by atomic mass is 19.1. The van der Waals surface area contributed by atoms with Crippen molar-refractivity contribution in [2.24, 2.45) is 5.92 Å². The van der Waals surface area contributed by atoms with Crippen molar-refractivity contribution in [3.8, 4) is 0 Å². The van der Waals surface area contributed by atoms with Crippen LogP contribution >= 0.6 is 0 Å². The Hall–Kier alpha value is -1.95. The standard InChI is InChI=1S/C17H23FN2O3/c1-2-23-17(22)13-5-4-9-20(12-13)10-8-16(21)19-15-7-3-6-14(18)11-15/h3,6-7,11,13H,2,4-5,8-10,12H2,1H3,(H,19,21)/t13-/m0/s1. The first-order valence-electron chi connectivity index (χ1n) is 8.03. The lowest BCUT2D eigenvalue weighted by Gasteiger charge is -2.31. The van der Waals surface area contributed by atoms with Crippen molar-refractivity contribution in [1.29, 1.82) is 0 Å². The maximum absolute atomic E-state index is 13.1. The molecule has 1 aromatic carbocycles. The number of halogens is 1. The molecule has 0 spiro atoms. The molecule has 0 aromatic heterocycles. The fourth-order valence-corrected chi connectivity index (χ4v) is 2.76. The summed E-state index contributed by atoms with van der Waals surface area (Å²) in [6.07, 6.45) is 2.08. The largest absolute Gasteiger partial charge is 0.466 e. The Bertz CT molecular complexity index is 550. The van der Waals surface area contributed by atoms with Crippen molar-refractivity contribution in [2.45, 2.75) is 26.2 Å². The fraction of sp³-hybridized carbons (Fsp3) is 0.529. The number of hydrogen-bond donors (Lipinski definition) is 1. The van der Waals surface area contributed by atoms with Gasteiger partial charge in [-0.2, -0.15) is 0 Å². The molecule has 2 rings (SSSR count). The minimum atomic E-state index is -0.379. The molecule has 126 valence electrons. The molecule has 0 saturated carbocycles. The van der Waals surface area contributed by atoms with Gasteiger partial charge in [0.1, 0.15) is 5.82 Å². The van der Waals surface area contributed by atoms with Gasteiger partial charge in [0.25, 0.3) is 0 Å². The van der Waals surface area contributed by atoms with Gasteiger partial charge in [0.2, 0.25) is 5.91 Å². The second-order valence-corrected chi connectivity index (χ2v) is 5.70. The SMILES string of the molecule is CCOC(=O)[C@H]1CCCN(CCC(=O)Nc2cccc(F)c2)C1. The van der Waals surface area contributed by atoms with Gasteiger partial charge in [-0.3, -0.25) is 9.59 Å². The minimum absolute atomic E-state index is 0.102. The van der Waals surface area contributed by atoms with E-state index in [1.807, 2.05) is 0 Å². The van der Waals surface area contributed by atoms with E-state index in [0.717, 1.165) is 19.4 Å². The number of ether oxygens (including phenoxy) is 1. The van der Waals surface area contributed by atoms with Gasteiger partial charge in [-0.15, -0.1) is 0 Å². The van der Waals surface area contributed by atoms with Crippen LogP contribution < -0.4 is 5.32 Å². The van der Waals surface area contributed by atoms with Gasteiger partial charge in [0.05, 0.1) is 12.5 Å². The minimum Gasteiger partial charge on any atom is -0.466 e. The van der Waals surface area contributed by atoms with Crippen LogP contribution in [-0.2, 0) is 14.3 Å². The van der Waals surface area contributed by atoms with Gasteiger partial charge < -0.3 is 15.0 Å². The molecular formula is C17H23FN2O3. The number of benzene rings is 1. The van der Waals surface area contributed by atoms with E-state index in [1.165, 1.54) is 12.1 Å². The molecule has 0 aliphatic carbocycles. The van der Waals surface area contributed by atoms with E-state index in [1.54, 1.807) is 19.1 Å². The third-order valence-corrected chi connectivity index (χ3v) is 3.89. The average Bonchev–Trinajstić information content (AvgIpc) is 2.53. The van der Waals surface area contributed by atoms with Crippen molar-refractivity contribution in [3.63, 3.8) is 0 Å². The van der Waals surface area contributed by atoms with Crippen LogP contribution in [0.4, 0.5) is 10.1 Å². The van der Waals surface area contributed by atoms with Gasteiger partial charge in [0, 0.05) is 25.2 Å². The summed E-state index contributed by atoms with van der Waals surface area (Å²) in [5.74, 6) is -0.790. The Kier molecular flexibility index (Phi) is 6.52. The first-order chi connectivity index (χ1) is 11.1. The maximum Gasteiger partial charge on any atom is 0.310 e. The number of esters is 1. The second-order valence-electron chi connectivity index (χ2n) is 5.70. The molecule has 1 fully saturated rings. The molecular weight excluding hydrogens is 299 g/mol. The van der Waals surface area contributed by atoms with E-state index >= 15 is 0 Å². The first kappa shape index (κ1) is 17.4. The topological polar surface area (TPSA) is 58.6 Å². The molecule has 5 nitrogen and oxygen atoms in total. The summed E-state index contributed by atoms with van der Waals surface area (Å²) >= 11 is 0. The van der Waals surface area contributed by atoms with Crippen molar-refractivity contribution >= 4 is 17.6 Å². The van der Waals surface area contributed by atoms with E-state index in [-0.39, 0.29) is 23.6 Å². The summed E-state index contributed by atoms with van der Waals surface area (Å²) in [7, 11) is 0. The molecule has 0 unspecified atom stereocenters. The number of nitrogens with one attached hydrogen (secondary N) is 1. The molecule has 1 amide bonds. The van der Waals surface area contributed by atoms with Crippen LogP contribution in [0.3, 0.4) is 0 Å². The number of likely N-dealkylation sites (tertiary alicyclic amines) is 1. The van der Waals surface area contributed by atoms with E-state index in [9.17, 15) is 14.0 Å². The molecule has 1 N–H and O–H groups in total. The van der Waals surface area contributed by atoms with E-state index < -0.39 is 0 Å². The molecule has 1 aliphatic heterocycles. The number of amides is 1. The zero-order chi connectivity index (χ0) is 16.7. The summed E-state index contributed by atoms with van der Waals surface area (Å²) in [6, 6.07) is 5.83. The smallest absolute Gasteiger partial charge is 0.310 e. The van der Waals surface area contributed by atoms with E-state index in [2.05, 4.69) is 10.2 Å². The Balaban J connectivity index is 1.76. The summed E-state index contributed by atoms with van der Waals surface area (Å²) < 4.78 is 18.1. The Morgan fingerprint density at radius 1 is 1.43 bits per heavy atom. The number of carbonyl (C=O) groups excluding carboxylic acids is 2. The Morgan fingerprint density at radius 3 is 3.00 bits per heavy atom. The van der Waals surface area contributed by atoms with Crippen LogP contribution in [0.5, 0.6) is 0 Å². The van der Waals surface area contributed by atoms with Crippen molar-refractivity contribution in [2.75, 3.05) is 31.6 Å². The van der Waals surface area contributed by atoms with Crippen LogP contribution in [0.15, 0.2) is 24.3 Å². The van der Waals surface area contributed by atoms with Crippen LogP contribution in [0.1, 0.15) is 26.2 Å². The Morgan fingerprint density at radius 2 is 2.26 bits per heavy atom. The van der Waals surface area contributed by atoms with Crippen LogP contribution in [0, 0.1) is 11.7 Å². The van der Waals surface area contributed by atoms with Gasteiger partial charge in [0.15, 0.2) is 0 Å². The summed E-state index contributed by atoms with van der Waals surface area (Å²) in [4.78, 5) is 25.8. The molecule has 1 aromatic rings. The van der Waals surface area contributed by atoms with Crippen molar-refractivity contribution in [1.82, 2.24) is 4.90 Å². The van der Waals surface area contributed by atoms with Gasteiger partial charge in [-0.25, -0.2) is 4.39 Å². The number of carbonyl (C=O) groups is 2. The number of nitrogens with zero attached hydrogens (tertiary/aromatic N) is 1. The first-order valence-corrected chi connectivity index (χ1v) is 8.03. The highest BCUT2D eigenvalue weighted by Gasteiger charge is 2.26. The highest BCUT2D eigenvalue weighted by molar-refractivity contribution is 5.90. The number of rotatable bonds is 6. The predicted molar refractivity (Wildman–Crippen MR) is 85.4 cm³/mol. The molecule has 1 saturated heterocycles. The fourth-order valence-electron chi connectivity index (χ4n) is 2.76. The van der Waals surface area contributed by atoms with Gasteiger partial charge in [-0.05, 0) is 44.5 Å². The van der Waals surface area contributed by atoms with Crippen molar-refractivity contribution in [3.05, 3.63) is 30.1 Å². The van der Waals surface area contributed by atoms with Crippen LogP contribution in [-0.4, -0.2) is 43.0 Å². The normalized spacial score (nSPS) is 18.4. The third-order valence-electron chi connectivity index (χ3n) is 3.89. The molecule has 0 bridgehead atoms. The number of hydrogen-bond acceptors (Lipinski definition) is 4. The molecule has 6 heteroatoms. The lowest BCUT2D eigenvalue weighted by molar-refractivity contribution is -0.149. The highest BCUT2D eigenvalue weighted by Crippen LogP contribution is 2.18. The number of anilines is 1. The molecule has 0 radical (unpaired) electrons. The van der Waals surface area contributed by atoms with E-state index in [0.29, 0.717) is 31.8 Å². The summed E-state index contributed by atoms with van der Waals surface area (Å²) in [5.41, 5.74) is 0.457. The molecule has 23 heavy (non-hydrogen) atoms. The van der Waals surface area contributed by atoms with E-state index in [4.69, 9.17) is 4.74 Å². The van der Waals surface area contributed by atoms with Crippen LogP contribution in [0.25, 0.3) is 0 Å². The molecule has 1 aliphatic rings.